The number of nitrogens with zero attached hydrogens (tertiary/aromatic N) is 2. The third kappa shape index (κ3) is 2.72. The van der Waals surface area contributed by atoms with Crippen molar-refractivity contribution in [2.75, 3.05) is 25.2 Å². The predicted molar refractivity (Wildman–Crippen MR) is 73.0 cm³/mol. The van der Waals surface area contributed by atoms with Gasteiger partial charge in [-0.2, -0.15) is 5.26 Å². The molecule has 1 aromatic rings. The van der Waals surface area contributed by atoms with Crippen LogP contribution >= 0.6 is 15.9 Å². The van der Waals surface area contributed by atoms with Crippen molar-refractivity contribution in [1.29, 1.82) is 5.26 Å². The average molecular weight is 325 g/mol. The van der Waals surface area contributed by atoms with Crippen LogP contribution in [0.5, 0.6) is 0 Å². The third-order valence-corrected chi connectivity index (χ3v) is 3.82. The van der Waals surface area contributed by atoms with Gasteiger partial charge in [0.05, 0.1) is 30.5 Å². The van der Waals surface area contributed by atoms with Crippen LogP contribution in [0.4, 0.5) is 5.69 Å². The summed E-state index contributed by atoms with van der Waals surface area (Å²) in [6.07, 6.45) is 0. The zero-order valence-corrected chi connectivity index (χ0v) is 11.9. The monoisotopic (exact) mass is 324 g/mol. The van der Waals surface area contributed by atoms with E-state index < -0.39 is 11.9 Å². The zero-order chi connectivity index (χ0) is 14.0. The molecule has 6 heteroatoms. The molecule has 2 atom stereocenters. The second-order valence-electron chi connectivity index (χ2n) is 4.43. The predicted octanol–water partition coefficient (Wildman–Crippen LogP) is 1.86. The first-order valence-electron chi connectivity index (χ1n) is 5.77. The SMILES string of the molecule is CN(c1ccc(Br)cc1C#N)C1COCC1C(=O)O. The van der Waals surface area contributed by atoms with Gasteiger partial charge in [0.2, 0.25) is 0 Å². The summed E-state index contributed by atoms with van der Waals surface area (Å²) in [4.78, 5) is 13.0. The first-order valence-corrected chi connectivity index (χ1v) is 6.57. The van der Waals surface area contributed by atoms with Crippen LogP contribution in [0.3, 0.4) is 0 Å². The van der Waals surface area contributed by atoms with Gasteiger partial charge in [-0.15, -0.1) is 0 Å². The van der Waals surface area contributed by atoms with Gasteiger partial charge in [0.25, 0.3) is 0 Å². The van der Waals surface area contributed by atoms with Gasteiger partial charge in [0, 0.05) is 11.5 Å². The average Bonchev–Trinajstić information content (AvgIpc) is 2.87. The van der Waals surface area contributed by atoms with Gasteiger partial charge in [-0.1, -0.05) is 15.9 Å². The lowest BCUT2D eigenvalue weighted by atomic mass is 10.0. The highest BCUT2D eigenvalue weighted by atomic mass is 79.9. The van der Waals surface area contributed by atoms with Gasteiger partial charge in [0.1, 0.15) is 12.0 Å². The van der Waals surface area contributed by atoms with E-state index in [1.807, 2.05) is 11.0 Å². The smallest absolute Gasteiger partial charge is 0.311 e. The van der Waals surface area contributed by atoms with Crippen LogP contribution < -0.4 is 4.90 Å². The molecule has 1 aliphatic heterocycles. The molecule has 1 aromatic carbocycles. The van der Waals surface area contributed by atoms with E-state index in [4.69, 9.17) is 10.00 Å². The van der Waals surface area contributed by atoms with E-state index in [-0.39, 0.29) is 12.6 Å². The maximum Gasteiger partial charge on any atom is 0.311 e. The minimum absolute atomic E-state index is 0.211. The van der Waals surface area contributed by atoms with Crippen LogP contribution in [0.1, 0.15) is 5.56 Å². The summed E-state index contributed by atoms with van der Waals surface area (Å²) < 4.78 is 6.07. The van der Waals surface area contributed by atoms with Crippen LogP contribution in [0.25, 0.3) is 0 Å². The first-order chi connectivity index (χ1) is 9.04. The number of carboxylic acid groups (broad SMARTS) is 1. The summed E-state index contributed by atoms with van der Waals surface area (Å²) in [5.74, 6) is -1.44. The van der Waals surface area contributed by atoms with Crippen molar-refractivity contribution in [3.05, 3.63) is 28.2 Å². The molecule has 0 aliphatic carbocycles. The zero-order valence-electron chi connectivity index (χ0n) is 10.3. The molecule has 0 bridgehead atoms. The molecule has 2 rings (SSSR count). The molecule has 19 heavy (non-hydrogen) atoms. The number of ether oxygens (including phenoxy) is 1. The lowest BCUT2D eigenvalue weighted by molar-refractivity contribution is -0.141. The molecule has 1 saturated heterocycles. The number of hydrogen-bond acceptors (Lipinski definition) is 4. The summed E-state index contributed by atoms with van der Waals surface area (Å²) in [5, 5.41) is 18.3. The van der Waals surface area contributed by atoms with Crippen molar-refractivity contribution in [1.82, 2.24) is 0 Å². The van der Waals surface area contributed by atoms with E-state index in [2.05, 4.69) is 22.0 Å². The Bertz CT molecular complexity index is 541. The highest BCUT2D eigenvalue weighted by Gasteiger charge is 2.37. The fourth-order valence-corrected chi connectivity index (χ4v) is 2.61. The number of likely N-dealkylation sites (N-methyl/N-ethyl adjacent to an activating group) is 1. The summed E-state index contributed by atoms with van der Waals surface area (Å²) >= 11 is 3.32. The highest BCUT2D eigenvalue weighted by Crippen LogP contribution is 2.28. The molecule has 0 saturated carbocycles. The van der Waals surface area contributed by atoms with Crippen molar-refractivity contribution in [2.45, 2.75) is 6.04 Å². The number of anilines is 1. The molecule has 2 unspecified atom stereocenters. The van der Waals surface area contributed by atoms with E-state index in [1.165, 1.54) is 0 Å². The fourth-order valence-electron chi connectivity index (χ4n) is 2.24. The molecule has 0 radical (unpaired) electrons. The molecule has 1 heterocycles. The largest absolute Gasteiger partial charge is 0.481 e. The van der Waals surface area contributed by atoms with Gasteiger partial charge in [-0.05, 0) is 18.2 Å². The molecule has 0 spiro atoms. The van der Waals surface area contributed by atoms with Crippen molar-refractivity contribution in [3.63, 3.8) is 0 Å². The second kappa shape index (κ2) is 5.59. The van der Waals surface area contributed by atoms with Crippen molar-refractivity contribution >= 4 is 27.6 Å². The summed E-state index contributed by atoms with van der Waals surface area (Å²) in [5.41, 5.74) is 1.22. The molecule has 1 N–H and O–H groups in total. The number of benzene rings is 1. The second-order valence-corrected chi connectivity index (χ2v) is 5.35. The van der Waals surface area contributed by atoms with Gasteiger partial charge in [0.15, 0.2) is 0 Å². The summed E-state index contributed by atoms with van der Waals surface area (Å²) in [6, 6.07) is 7.22. The summed E-state index contributed by atoms with van der Waals surface area (Å²) in [6.45, 7) is 0.567. The minimum atomic E-state index is -0.870. The Hall–Kier alpha value is -1.58. The molecule has 0 aromatic heterocycles. The molecular weight excluding hydrogens is 312 g/mol. The number of carboxylic acids is 1. The van der Waals surface area contributed by atoms with Crippen LogP contribution in [0.15, 0.2) is 22.7 Å². The van der Waals surface area contributed by atoms with Crippen LogP contribution in [0.2, 0.25) is 0 Å². The van der Waals surface area contributed by atoms with Gasteiger partial charge >= 0.3 is 5.97 Å². The Kier molecular flexibility index (Phi) is 4.08. The first kappa shape index (κ1) is 13.8. The number of aliphatic carboxylic acids is 1. The lowest BCUT2D eigenvalue weighted by Gasteiger charge is -2.29. The number of rotatable bonds is 3. The quantitative estimate of drug-likeness (QED) is 0.918. The van der Waals surface area contributed by atoms with Crippen LogP contribution in [-0.2, 0) is 9.53 Å². The minimum Gasteiger partial charge on any atom is -0.481 e. The fraction of sp³-hybridized carbons (Fsp3) is 0.385. The third-order valence-electron chi connectivity index (χ3n) is 3.32. The Balaban J connectivity index is 2.32. The molecule has 5 nitrogen and oxygen atoms in total. The van der Waals surface area contributed by atoms with Crippen LogP contribution in [-0.4, -0.2) is 37.4 Å². The van der Waals surface area contributed by atoms with Crippen molar-refractivity contribution in [3.8, 4) is 6.07 Å². The topological polar surface area (TPSA) is 73.6 Å². The number of carbonyl (C=O) groups is 1. The maximum atomic E-state index is 11.2. The van der Waals surface area contributed by atoms with E-state index in [1.54, 1.807) is 19.2 Å². The van der Waals surface area contributed by atoms with E-state index in [9.17, 15) is 9.90 Å². The Labute approximate surface area is 119 Å². The molecule has 1 aliphatic rings. The standard InChI is InChI=1S/C13H13BrN2O3/c1-16(12-7-19-6-10(12)13(17)18)11-3-2-9(14)4-8(11)5-15/h2-4,10,12H,6-7H2,1H3,(H,17,18). The number of halogens is 1. The molecule has 0 amide bonds. The Morgan fingerprint density at radius 2 is 2.32 bits per heavy atom. The number of nitriles is 1. The maximum absolute atomic E-state index is 11.2. The number of hydrogen-bond donors (Lipinski definition) is 1. The van der Waals surface area contributed by atoms with E-state index in [0.717, 1.165) is 4.47 Å². The van der Waals surface area contributed by atoms with Gasteiger partial charge < -0.3 is 14.7 Å². The van der Waals surface area contributed by atoms with Crippen molar-refractivity contribution < 1.29 is 14.6 Å². The summed E-state index contributed by atoms with van der Waals surface area (Å²) in [7, 11) is 1.79. The normalized spacial score (nSPS) is 21.9. The Morgan fingerprint density at radius 1 is 1.58 bits per heavy atom. The highest BCUT2D eigenvalue weighted by molar-refractivity contribution is 9.10. The van der Waals surface area contributed by atoms with Gasteiger partial charge in [-0.25, -0.2) is 0 Å². The van der Waals surface area contributed by atoms with Gasteiger partial charge in [-0.3, -0.25) is 4.79 Å². The van der Waals surface area contributed by atoms with E-state index >= 15 is 0 Å². The Morgan fingerprint density at radius 3 is 2.95 bits per heavy atom. The molecule has 100 valence electrons. The molecular formula is C13H13BrN2O3. The molecule has 1 fully saturated rings. The van der Waals surface area contributed by atoms with Crippen molar-refractivity contribution in [2.24, 2.45) is 5.92 Å². The lowest BCUT2D eigenvalue weighted by Crippen LogP contribution is -2.41. The van der Waals surface area contributed by atoms with E-state index in [0.29, 0.717) is 17.9 Å². The van der Waals surface area contributed by atoms with Crippen LogP contribution in [0, 0.1) is 17.2 Å².